The van der Waals surface area contributed by atoms with E-state index in [-0.39, 0.29) is 23.8 Å². The maximum atomic E-state index is 14.3. The summed E-state index contributed by atoms with van der Waals surface area (Å²) >= 11 is 0. The third-order valence-corrected chi connectivity index (χ3v) is 6.46. The van der Waals surface area contributed by atoms with E-state index in [0.717, 1.165) is 25.9 Å². The van der Waals surface area contributed by atoms with E-state index in [0.29, 0.717) is 30.3 Å². The van der Waals surface area contributed by atoms with Gasteiger partial charge in [-0.25, -0.2) is 4.39 Å². The SMILES string of the molecule is Cc1ccccc1C1(c2noc(-c3cc(C(C)F)n(CC(=O)N4CCNCC4)n3)n2)CC1. The first kappa shape index (κ1) is 20.8. The molecule has 1 amide bonds. The van der Waals surface area contributed by atoms with Crippen molar-refractivity contribution in [3.63, 3.8) is 0 Å². The molecule has 8 nitrogen and oxygen atoms in total. The fraction of sp³-hybridized carbons (Fsp3) is 0.478. The third-order valence-electron chi connectivity index (χ3n) is 6.46. The Balaban J connectivity index is 1.41. The van der Waals surface area contributed by atoms with Gasteiger partial charge in [-0.05, 0) is 43.9 Å². The maximum absolute atomic E-state index is 14.3. The second-order valence-corrected chi connectivity index (χ2v) is 8.68. The number of carbonyl (C=O) groups is 1. The molecule has 1 unspecified atom stereocenters. The second kappa shape index (κ2) is 8.12. The van der Waals surface area contributed by atoms with Gasteiger partial charge in [-0.3, -0.25) is 9.48 Å². The lowest BCUT2D eigenvalue weighted by Crippen LogP contribution is -2.47. The minimum atomic E-state index is -1.28. The quantitative estimate of drug-likeness (QED) is 0.637. The van der Waals surface area contributed by atoms with Crippen LogP contribution in [0.25, 0.3) is 11.6 Å². The van der Waals surface area contributed by atoms with Crippen LogP contribution in [0.1, 0.15) is 48.6 Å². The summed E-state index contributed by atoms with van der Waals surface area (Å²) in [4.78, 5) is 19.1. The molecule has 1 atom stereocenters. The van der Waals surface area contributed by atoms with E-state index in [1.165, 1.54) is 22.7 Å². The van der Waals surface area contributed by atoms with Crippen molar-refractivity contribution in [1.82, 2.24) is 30.1 Å². The number of hydrogen-bond donors (Lipinski definition) is 1. The Kier molecular flexibility index (Phi) is 5.28. The van der Waals surface area contributed by atoms with Gasteiger partial charge in [0, 0.05) is 26.2 Å². The van der Waals surface area contributed by atoms with Crippen molar-refractivity contribution < 1.29 is 13.7 Å². The van der Waals surface area contributed by atoms with Crippen LogP contribution in [0, 0.1) is 6.92 Å². The summed E-state index contributed by atoms with van der Waals surface area (Å²) in [6, 6.07) is 9.83. The monoisotopic (exact) mass is 438 g/mol. The van der Waals surface area contributed by atoms with Crippen molar-refractivity contribution in [2.75, 3.05) is 26.2 Å². The van der Waals surface area contributed by atoms with Crippen molar-refractivity contribution in [3.05, 3.63) is 53.0 Å². The number of aromatic nitrogens is 4. The van der Waals surface area contributed by atoms with Gasteiger partial charge in [-0.1, -0.05) is 29.4 Å². The lowest BCUT2D eigenvalue weighted by Gasteiger charge is -2.27. The van der Waals surface area contributed by atoms with Crippen LogP contribution in [0.3, 0.4) is 0 Å². The van der Waals surface area contributed by atoms with Crippen LogP contribution in [0.2, 0.25) is 0 Å². The Morgan fingerprint density at radius 3 is 2.72 bits per heavy atom. The van der Waals surface area contributed by atoms with Gasteiger partial charge in [-0.2, -0.15) is 10.1 Å². The summed E-state index contributed by atoms with van der Waals surface area (Å²) in [6.07, 6.45) is 0.630. The van der Waals surface area contributed by atoms with E-state index < -0.39 is 6.17 Å². The predicted octanol–water partition coefficient (Wildman–Crippen LogP) is 2.78. The highest BCUT2D eigenvalue weighted by Crippen LogP contribution is 2.53. The number of benzene rings is 1. The number of rotatable bonds is 6. The van der Waals surface area contributed by atoms with Crippen LogP contribution in [-0.2, 0) is 16.8 Å². The van der Waals surface area contributed by atoms with Crippen molar-refractivity contribution >= 4 is 5.91 Å². The zero-order valence-electron chi connectivity index (χ0n) is 18.3. The molecule has 5 rings (SSSR count). The number of carbonyl (C=O) groups excluding carboxylic acids is 1. The smallest absolute Gasteiger partial charge is 0.278 e. The van der Waals surface area contributed by atoms with Gasteiger partial charge in [0.25, 0.3) is 5.89 Å². The highest BCUT2D eigenvalue weighted by atomic mass is 19.1. The van der Waals surface area contributed by atoms with Gasteiger partial charge in [0.05, 0.1) is 11.1 Å². The fourth-order valence-electron chi connectivity index (χ4n) is 4.50. The van der Waals surface area contributed by atoms with Gasteiger partial charge >= 0.3 is 0 Å². The zero-order chi connectivity index (χ0) is 22.3. The van der Waals surface area contributed by atoms with Crippen molar-refractivity contribution in [2.24, 2.45) is 0 Å². The largest absolute Gasteiger partial charge is 0.339 e. The molecule has 2 fully saturated rings. The minimum absolute atomic E-state index is 0.0161. The minimum Gasteiger partial charge on any atom is -0.339 e. The standard InChI is InChI=1S/C23H27FN6O2/c1-15-5-3-4-6-17(15)23(7-8-23)22-26-21(32-28-22)18-13-19(16(2)24)30(27-18)14-20(31)29-11-9-25-10-12-29/h3-6,13,16,25H,7-12,14H2,1-2H3. The Hall–Kier alpha value is -3.07. The summed E-state index contributed by atoms with van der Waals surface area (Å²) in [7, 11) is 0. The Morgan fingerprint density at radius 2 is 2.03 bits per heavy atom. The summed E-state index contributed by atoms with van der Waals surface area (Å²) in [5, 5.41) is 11.9. The van der Waals surface area contributed by atoms with E-state index in [2.05, 4.69) is 39.6 Å². The molecule has 1 saturated carbocycles. The summed E-state index contributed by atoms with van der Waals surface area (Å²) in [5.74, 6) is 0.795. The zero-order valence-corrected chi connectivity index (χ0v) is 18.3. The highest BCUT2D eigenvalue weighted by molar-refractivity contribution is 5.76. The van der Waals surface area contributed by atoms with Crippen molar-refractivity contribution in [1.29, 1.82) is 0 Å². The Morgan fingerprint density at radius 1 is 1.28 bits per heavy atom. The molecule has 0 spiro atoms. The number of nitrogens with one attached hydrogen (secondary N) is 1. The van der Waals surface area contributed by atoms with Crippen LogP contribution in [0.4, 0.5) is 4.39 Å². The van der Waals surface area contributed by atoms with Gasteiger partial charge in [0.2, 0.25) is 5.91 Å². The van der Waals surface area contributed by atoms with Gasteiger partial charge < -0.3 is 14.7 Å². The first-order valence-corrected chi connectivity index (χ1v) is 11.1. The third kappa shape index (κ3) is 3.70. The molecule has 1 N–H and O–H groups in total. The van der Waals surface area contributed by atoms with Crippen LogP contribution in [-0.4, -0.2) is 56.9 Å². The summed E-state index contributed by atoms with van der Waals surface area (Å²) in [6.45, 7) is 6.30. The molecule has 1 aliphatic carbocycles. The van der Waals surface area contributed by atoms with Gasteiger partial charge in [0.1, 0.15) is 12.7 Å². The number of piperazine rings is 1. The molecule has 0 bridgehead atoms. The molecule has 1 aliphatic heterocycles. The lowest BCUT2D eigenvalue weighted by atomic mass is 9.91. The topological polar surface area (TPSA) is 89.1 Å². The van der Waals surface area contributed by atoms with E-state index in [1.807, 2.05) is 12.1 Å². The average molecular weight is 439 g/mol. The molecule has 3 heterocycles. The number of amides is 1. The molecule has 1 aromatic carbocycles. The fourth-order valence-corrected chi connectivity index (χ4v) is 4.50. The van der Waals surface area contributed by atoms with Gasteiger partial charge in [0.15, 0.2) is 11.5 Å². The van der Waals surface area contributed by atoms with Gasteiger partial charge in [-0.15, -0.1) is 0 Å². The Labute approximate surface area is 185 Å². The molecule has 168 valence electrons. The van der Waals surface area contributed by atoms with E-state index in [9.17, 15) is 9.18 Å². The molecular formula is C23H27FN6O2. The molecular weight excluding hydrogens is 411 g/mol. The lowest BCUT2D eigenvalue weighted by molar-refractivity contribution is -0.132. The number of hydrogen-bond acceptors (Lipinski definition) is 6. The predicted molar refractivity (Wildman–Crippen MR) is 116 cm³/mol. The second-order valence-electron chi connectivity index (χ2n) is 8.68. The van der Waals surface area contributed by atoms with Crippen LogP contribution in [0.5, 0.6) is 0 Å². The Bertz CT molecular complexity index is 1130. The molecule has 0 radical (unpaired) electrons. The first-order chi connectivity index (χ1) is 15.5. The molecule has 2 aromatic heterocycles. The van der Waals surface area contributed by atoms with Crippen LogP contribution >= 0.6 is 0 Å². The normalized spacial score (nSPS) is 18.5. The van der Waals surface area contributed by atoms with Crippen molar-refractivity contribution in [2.45, 2.75) is 44.8 Å². The van der Waals surface area contributed by atoms with Crippen LogP contribution in [0.15, 0.2) is 34.9 Å². The molecule has 32 heavy (non-hydrogen) atoms. The van der Waals surface area contributed by atoms with Crippen LogP contribution < -0.4 is 5.32 Å². The van der Waals surface area contributed by atoms with E-state index in [1.54, 1.807) is 11.0 Å². The van der Waals surface area contributed by atoms with E-state index >= 15 is 0 Å². The summed E-state index contributed by atoms with van der Waals surface area (Å²) < 4.78 is 21.3. The van der Waals surface area contributed by atoms with E-state index in [4.69, 9.17) is 4.52 Å². The maximum Gasteiger partial charge on any atom is 0.278 e. The molecule has 2 aliphatic rings. The average Bonchev–Trinajstić information content (AvgIpc) is 3.24. The first-order valence-electron chi connectivity index (χ1n) is 11.1. The number of halogens is 1. The highest BCUT2D eigenvalue weighted by Gasteiger charge is 2.50. The molecule has 1 saturated heterocycles. The molecule has 3 aromatic rings. The number of alkyl halides is 1. The van der Waals surface area contributed by atoms with Crippen molar-refractivity contribution in [3.8, 4) is 11.6 Å². The number of nitrogens with zero attached hydrogens (tertiary/aromatic N) is 5. The summed E-state index contributed by atoms with van der Waals surface area (Å²) in [5.41, 5.74) is 2.88. The molecule has 9 heteroatoms. The number of aryl methyl sites for hydroxylation is 1.